The molecule has 1 fully saturated rings. The maximum atomic E-state index is 12.5. The molecule has 0 bridgehead atoms. The van der Waals surface area contributed by atoms with Crippen molar-refractivity contribution < 1.29 is 4.79 Å². The van der Waals surface area contributed by atoms with E-state index in [1.54, 1.807) is 11.3 Å². The minimum absolute atomic E-state index is 0.223. The van der Waals surface area contributed by atoms with Gasteiger partial charge in [-0.3, -0.25) is 4.79 Å². The van der Waals surface area contributed by atoms with E-state index in [1.165, 1.54) is 49.0 Å². The van der Waals surface area contributed by atoms with Crippen LogP contribution in [0.3, 0.4) is 0 Å². The summed E-state index contributed by atoms with van der Waals surface area (Å²) in [5.41, 5.74) is 1.44. The number of nitrogens with zero attached hydrogens (tertiary/aromatic N) is 1. The summed E-state index contributed by atoms with van der Waals surface area (Å²) >= 11 is 5.35. The monoisotopic (exact) mass is 355 g/mol. The van der Waals surface area contributed by atoms with Gasteiger partial charge in [-0.05, 0) is 56.1 Å². The van der Waals surface area contributed by atoms with Gasteiger partial charge in [-0.25, -0.2) is 0 Å². The molecule has 1 aromatic heterocycles. The maximum Gasteiger partial charge on any atom is 0.263 e. The second kappa shape index (κ2) is 6.18. The number of alkyl halides is 1. The van der Waals surface area contributed by atoms with Crippen LogP contribution in [-0.4, -0.2) is 29.2 Å². The summed E-state index contributed by atoms with van der Waals surface area (Å²) in [5.74, 6) is 0.909. The highest BCUT2D eigenvalue weighted by Gasteiger charge is 2.29. The fraction of sp³-hybridized carbons (Fsp3) is 0.688. The van der Waals surface area contributed by atoms with Crippen molar-refractivity contribution >= 4 is 33.2 Å². The van der Waals surface area contributed by atoms with Crippen LogP contribution in [0.4, 0.5) is 0 Å². The van der Waals surface area contributed by atoms with Crippen LogP contribution in [0.25, 0.3) is 0 Å². The van der Waals surface area contributed by atoms with Crippen LogP contribution in [0.1, 0.15) is 52.2 Å². The van der Waals surface area contributed by atoms with Crippen molar-refractivity contribution in [1.29, 1.82) is 0 Å². The first-order valence-corrected chi connectivity index (χ1v) is 9.38. The molecule has 2 aliphatic carbocycles. The predicted molar refractivity (Wildman–Crippen MR) is 88.0 cm³/mol. The SMILES string of the molecule is CN(CC1CC(Br)C1)C(=O)c1cc2c(s1)CCCCC2. The smallest absolute Gasteiger partial charge is 0.263 e. The van der Waals surface area contributed by atoms with Gasteiger partial charge in [0, 0.05) is 23.3 Å². The largest absolute Gasteiger partial charge is 0.341 e. The Balaban J connectivity index is 1.64. The van der Waals surface area contributed by atoms with E-state index in [9.17, 15) is 4.79 Å². The molecule has 0 unspecified atom stereocenters. The third-order valence-corrected chi connectivity index (χ3v) is 6.49. The maximum absolute atomic E-state index is 12.5. The van der Waals surface area contributed by atoms with Gasteiger partial charge >= 0.3 is 0 Å². The number of hydrogen-bond donors (Lipinski definition) is 0. The van der Waals surface area contributed by atoms with Gasteiger partial charge in [-0.1, -0.05) is 22.4 Å². The van der Waals surface area contributed by atoms with E-state index in [1.807, 2.05) is 11.9 Å². The van der Waals surface area contributed by atoms with Gasteiger partial charge < -0.3 is 4.90 Å². The van der Waals surface area contributed by atoms with E-state index in [0.717, 1.165) is 17.8 Å². The number of carbonyl (C=O) groups excluding carboxylic acids is 1. The number of carbonyl (C=O) groups is 1. The summed E-state index contributed by atoms with van der Waals surface area (Å²) in [6.07, 6.45) is 8.65. The van der Waals surface area contributed by atoms with Crippen LogP contribution in [0.5, 0.6) is 0 Å². The third kappa shape index (κ3) is 3.11. The Morgan fingerprint density at radius 3 is 2.85 bits per heavy atom. The molecule has 0 saturated heterocycles. The molecule has 3 rings (SSSR count). The molecule has 2 nitrogen and oxygen atoms in total. The highest BCUT2D eigenvalue weighted by Crippen LogP contribution is 2.34. The number of halogens is 1. The normalized spacial score (nSPS) is 25.5. The van der Waals surface area contributed by atoms with Gasteiger partial charge in [0.1, 0.15) is 0 Å². The summed E-state index contributed by atoms with van der Waals surface area (Å²) in [7, 11) is 1.95. The summed E-state index contributed by atoms with van der Waals surface area (Å²) < 4.78 is 0. The van der Waals surface area contributed by atoms with Crippen molar-refractivity contribution in [3.8, 4) is 0 Å². The zero-order chi connectivity index (χ0) is 14.1. The van der Waals surface area contributed by atoms with Crippen LogP contribution in [0.15, 0.2) is 6.07 Å². The zero-order valence-electron chi connectivity index (χ0n) is 12.0. The summed E-state index contributed by atoms with van der Waals surface area (Å²) in [6.45, 7) is 0.906. The van der Waals surface area contributed by atoms with Gasteiger partial charge in [0.15, 0.2) is 0 Å². The van der Waals surface area contributed by atoms with Crippen molar-refractivity contribution in [2.24, 2.45) is 5.92 Å². The zero-order valence-corrected chi connectivity index (χ0v) is 14.4. The Bertz CT molecular complexity index is 469. The Labute approximate surface area is 133 Å². The van der Waals surface area contributed by atoms with Crippen molar-refractivity contribution in [2.75, 3.05) is 13.6 Å². The van der Waals surface area contributed by atoms with Gasteiger partial charge in [0.05, 0.1) is 4.88 Å². The topological polar surface area (TPSA) is 20.3 Å². The summed E-state index contributed by atoms with van der Waals surface area (Å²) in [6, 6.07) is 2.16. The highest BCUT2D eigenvalue weighted by atomic mass is 79.9. The van der Waals surface area contributed by atoms with Crippen molar-refractivity contribution in [3.05, 3.63) is 21.4 Å². The Morgan fingerprint density at radius 1 is 1.35 bits per heavy atom. The molecule has 1 saturated carbocycles. The average Bonchev–Trinajstić information content (AvgIpc) is 2.67. The van der Waals surface area contributed by atoms with E-state index in [-0.39, 0.29) is 5.91 Å². The first kappa shape index (κ1) is 14.6. The molecule has 20 heavy (non-hydrogen) atoms. The lowest BCUT2D eigenvalue weighted by molar-refractivity contribution is 0.0753. The first-order valence-electron chi connectivity index (χ1n) is 7.64. The fourth-order valence-corrected chi connectivity index (χ4v) is 5.54. The molecule has 0 aromatic carbocycles. The molecule has 4 heteroatoms. The van der Waals surface area contributed by atoms with E-state index in [0.29, 0.717) is 10.7 Å². The van der Waals surface area contributed by atoms with Crippen LogP contribution in [0, 0.1) is 5.92 Å². The lowest BCUT2D eigenvalue weighted by atomic mass is 9.85. The molecule has 0 N–H and O–H groups in total. The molecule has 2 aliphatic rings. The van der Waals surface area contributed by atoms with Gasteiger partial charge in [-0.2, -0.15) is 0 Å². The highest BCUT2D eigenvalue weighted by molar-refractivity contribution is 9.09. The van der Waals surface area contributed by atoms with E-state index in [2.05, 4.69) is 22.0 Å². The molecule has 0 atom stereocenters. The van der Waals surface area contributed by atoms with Gasteiger partial charge in [-0.15, -0.1) is 11.3 Å². The molecular formula is C16H22BrNOS. The van der Waals surface area contributed by atoms with Crippen LogP contribution in [-0.2, 0) is 12.8 Å². The third-order valence-electron chi connectivity index (χ3n) is 4.51. The van der Waals surface area contributed by atoms with E-state index < -0.39 is 0 Å². The molecular weight excluding hydrogens is 334 g/mol. The average molecular weight is 356 g/mol. The lowest BCUT2D eigenvalue weighted by Gasteiger charge is -2.34. The van der Waals surface area contributed by atoms with E-state index >= 15 is 0 Å². The van der Waals surface area contributed by atoms with Gasteiger partial charge in [0.2, 0.25) is 0 Å². The second-order valence-electron chi connectivity index (χ2n) is 6.24. The lowest BCUT2D eigenvalue weighted by Crippen LogP contribution is -2.37. The quantitative estimate of drug-likeness (QED) is 0.585. The Hall–Kier alpha value is -0.350. The summed E-state index contributed by atoms with van der Waals surface area (Å²) in [4.78, 5) is 17.5. The first-order chi connectivity index (χ1) is 9.63. The predicted octanol–water partition coefficient (Wildman–Crippen LogP) is 4.26. The molecule has 1 heterocycles. The number of thiophene rings is 1. The molecule has 0 spiro atoms. The molecule has 1 aromatic rings. The summed E-state index contributed by atoms with van der Waals surface area (Å²) in [5, 5.41) is 0. The van der Waals surface area contributed by atoms with Crippen molar-refractivity contribution in [3.63, 3.8) is 0 Å². The Kier molecular flexibility index (Phi) is 4.51. The number of hydrogen-bond acceptors (Lipinski definition) is 2. The van der Waals surface area contributed by atoms with Crippen LogP contribution < -0.4 is 0 Å². The number of aryl methyl sites for hydroxylation is 2. The van der Waals surface area contributed by atoms with Crippen LogP contribution in [0.2, 0.25) is 0 Å². The minimum Gasteiger partial charge on any atom is -0.341 e. The van der Waals surface area contributed by atoms with Crippen LogP contribution >= 0.6 is 27.3 Å². The second-order valence-corrected chi connectivity index (χ2v) is 8.67. The minimum atomic E-state index is 0.223. The molecule has 1 amide bonds. The number of rotatable bonds is 3. The molecule has 0 radical (unpaired) electrons. The van der Waals surface area contributed by atoms with Crippen molar-refractivity contribution in [2.45, 2.75) is 49.8 Å². The number of fused-ring (bicyclic) bond motifs is 1. The molecule has 0 aliphatic heterocycles. The van der Waals surface area contributed by atoms with Crippen molar-refractivity contribution in [1.82, 2.24) is 4.90 Å². The van der Waals surface area contributed by atoms with Gasteiger partial charge in [0.25, 0.3) is 5.91 Å². The van der Waals surface area contributed by atoms with E-state index in [4.69, 9.17) is 0 Å². The molecule has 110 valence electrons. The fourth-order valence-electron chi connectivity index (χ4n) is 3.23. The Morgan fingerprint density at radius 2 is 2.10 bits per heavy atom. The standard InChI is InChI=1S/C16H22BrNOS/c1-18(10-11-7-13(17)8-11)16(19)15-9-12-5-3-2-4-6-14(12)20-15/h9,11,13H,2-8,10H2,1H3. The number of amides is 1.